The third kappa shape index (κ3) is 4.29. The fourth-order valence-corrected chi connectivity index (χ4v) is 2.74. The van der Waals surface area contributed by atoms with Crippen LogP contribution in [0.1, 0.15) is 30.6 Å². The molecular formula is C17H26N2O2. The van der Waals surface area contributed by atoms with Crippen LogP contribution in [0.2, 0.25) is 0 Å². The Morgan fingerprint density at radius 1 is 1.29 bits per heavy atom. The highest BCUT2D eigenvalue weighted by molar-refractivity contribution is 6.00. The third-order valence-corrected chi connectivity index (χ3v) is 3.86. The first-order valence-electron chi connectivity index (χ1n) is 7.67. The second-order valence-electron chi connectivity index (χ2n) is 6.17. The molecule has 1 aliphatic rings. The highest BCUT2D eigenvalue weighted by Gasteiger charge is 2.27. The molecular weight excluding hydrogens is 264 g/mol. The SMILES string of the molecule is CC(C)Oc1cccc(C(=O)C2CN(C)CCCN2C)c1. The number of benzene rings is 1. The van der Waals surface area contributed by atoms with Gasteiger partial charge in [0.05, 0.1) is 12.1 Å². The van der Waals surface area contributed by atoms with Gasteiger partial charge in [-0.25, -0.2) is 0 Å². The predicted octanol–water partition coefficient (Wildman–Crippen LogP) is 2.29. The molecule has 4 heteroatoms. The Hall–Kier alpha value is -1.39. The van der Waals surface area contributed by atoms with E-state index in [0.29, 0.717) is 0 Å². The summed E-state index contributed by atoms with van der Waals surface area (Å²) < 4.78 is 5.69. The Kier molecular flexibility index (Phi) is 5.37. The van der Waals surface area contributed by atoms with Crippen LogP contribution in [0.4, 0.5) is 0 Å². The first-order chi connectivity index (χ1) is 9.97. The summed E-state index contributed by atoms with van der Waals surface area (Å²) in [4.78, 5) is 17.2. The lowest BCUT2D eigenvalue weighted by Crippen LogP contribution is -2.43. The van der Waals surface area contributed by atoms with Crippen molar-refractivity contribution >= 4 is 5.78 Å². The van der Waals surface area contributed by atoms with Crippen LogP contribution in [0.25, 0.3) is 0 Å². The van der Waals surface area contributed by atoms with Gasteiger partial charge in [0.2, 0.25) is 0 Å². The molecule has 2 rings (SSSR count). The van der Waals surface area contributed by atoms with Crippen LogP contribution in [-0.2, 0) is 0 Å². The van der Waals surface area contributed by atoms with E-state index >= 15 is 0 Å². The molecule has 0 saturated carbocycles. The second kappa shape index (κ2) is 7.05. The number of Topliss-reactive ketones (excluding diaryl/α,β-unsaturated/α-hetero) is 1. The molecule has 1 aromatic carbocycles. The molecule has 0 bridgehead atoms. The lowest BCUT2D eigenvalue weighted by Gasteiger charge is -2.26. The molecule has 0 aliphatic carbocycles. The number of hydrogen-bond donors (Lipinski definition) is 0. The van der Waals surface area contributed by atoms with Crippen molar-refractivity contribution in [1.82, 2.24) is 9.80 Å². The maximum absolute atomic E-state index is 12.8. The van der Waals surface area contributed by atoms with Crippen molar-refractivity contribution in [3.05, 3.63) is 29.8 Å². The Morgan fingerprint density at radius 3 is 2.76 bits per heavy atom. The smallest absolute Gasteiger partial charge is 0.181 e. The van der Waals surface area contributed by atoms with Gasteiger partial charge in [0.1, 0.15) is 5.75 Å². The van der Waals surface area contributed by atoms with Crippen LogP contribution in [0.15, 0.2) is 24.3 Å². The van der Waals surface area contributed by atoms with Crippen LogP contribution in [0.3, 0.4) is 0 Å². The average Bonchev–Trinajstić information content (AvgIpc) is 2.59. The highest BCUT2D eigenvalue weighted by atomic mass is 16.5. The summed E-state index contributed by atoms with van der Waals surface area (Å²) in [5.74, 6) is 0.945. The molecule has 1 unspecified atom stereocenters. The van der Waals surface area contributed by atoms with E-state index in [1.54, 1.807) is 0 Å². The Balaban J connectivity index is 2.17. The molecule has 116 valence electrons. The molecule has 0 N–H and O–H groups in total. The van der Waals surface area contributed by atoms with Crippen LogP contribution >= 0.6 is 0 Å². The van der Waals surface area contributed by atoms with Crippen molar-refractivity contribution in [3.8, 4) is 5.75 Å². The van der Waals surface area contributed by atoms with Crippen LogP contribution in [-0.4, -0.2) is 61.5 Å². The maximum Gasteiger partial charge on any atom is 0.181 e. The fraction of sp³-hybridized carbons (Fsp3) is 0.588. The zero-order valence-electron chi connectivity index (χ0n) is 13.5. The lowest BCUT2D eigenvalue weighted by atomic mass is 10.0. The molecule has 1 fully saturated rings. The van der Waals surface area contributed by atoms with Crippen molar-refractivity contribution in [2.75, 3.05) is 33.7 Å². The molecule has 0 aromatic heterocycles. The number of rotatable bonds is 4. The van der Waals surface area contributed by atoms with Gasteiger partial charge < -0.3 is 9.64 Å². The molecule has 21 heavy (non-hydrogen) atoms. The zero-order valence-corrected chi connectivity index (χ0v) is 13.5. The number of ether oxygens (including phenoxy) is 1. The lowest BCUT2D eigenvalue weighted by molar-refractivity contribution is 0.0838. The van der Waals surface area contributed by atoms with Gasteiger partial charge in [-0.15, -0.1) is 0 Å². The van der Waals surface area contributed by atoms with Gasteiger partial charge in [-0.1, -0.05) is 12.1 Å². The minimum absolute atomic E-state index is 0.0770. The van der Waals surface area contributed by atoms with Gasteiger partial charge in [0.15, 0.2) is 5.78 Å². The van der Waals surface area contributed by atoms with Crippen molar-refractivity contribution in [1.29, 1.82) is 0 Å². The fourth-order valence-electron chi connectivity index (χ4n) is 2.74. The summed E-state index contributed by atoms with van der Waals surface area (Å²) in [6.07, 6.45) is 1.22. The van der Waals surface area contributed by atoms with E-state index in [1.165, 1.54) is 0 Å². The summed E-state index contributed by atoms with van der Waals surface area (Å²) in [5.41, 5.74) is 0.736. The molecule has 1 atom stereocenters. The van der Waals surface area contributed by atoms with Gasteiger partial charge in [-0.05, 0) is 59.6 Å². The number of nitrogens with zero attached hydrogens (tertiary/aromatic N) is 2. The minimum atomic E-state index is -0.0770. The van der Waals surface area contributed by atoms with Crippen LogP contribution < -0.4 is 4.74 Å². The topological polar surface area (TPSA) is 32.8 Å². The van der Waals surface area contributed by atoms with E-state index in [0.717, 1.165) is 37.4 Å². The number of ketones is 1. The van der Waals surface area contributed by atoms with Gasteiger partial charge >= 0.3 is 0 Å². The molecule has 0 radical (unpaired) electrons. The first-order valence-corrected chi connectivity index (χ1v) is 7.67. The number of carbonyl (C=O) groups excluding carboxylic acids is 1. The Labute approximate surface area is 127 Å². The minimum Gasteiger partial charge on any atom is -0.491 e. The highest BCUT2D eigenvalue weighted by Crippen LogP contribution is 2.18. The molecule has 1 aliphatic heterocycles. The van der Waals surface area contributed by atoms with Gasteiger partial charge in [-0.2, -0.15) is 0 Å². The molecule has 1 saturated heterocycles. The second-order valence-corrected chi connectivity index (χ2v) is 6.17. The normalized spacial score (nSPS) is 21.3. The average molecular weight is 290 g/mol. The predicted molar refractivity (Wildman–Crippen MR) is 85.1 cm³/mol. The number of hydrogen-bond acceptors (Lipinski definition) is 4. The van der Waals surface area contributed by atoms with Crippen LogP contribution in [0, 0.1) is 0 Å². The van der Waals surface area contributed by atoms with Crippen molar-refractivity contribution < 1.29 is 9.53 Å². The van der Waals surface area contributed by atoms with Gasteiger partial charge in [0.25, 0.3) is 0 Å². The summed E-state index contributed by atoms with van der Waals surface area (Å²) >= 11 is 0. The van der Waals surface area contributed by atoms with Crippen molar-refractivity contribution in [2.24, 2.45) is 0 Å². The largest absolute Gasteiger partial charge is 0.491 e. The molecule has 4 nitrogen and oxygen atoms in total. The quantitative estimate of drug-likeness (QED) is 0.797. The van der Waals surface area contributed by atoms with E-state index in [2.05, 4.69) is 16.8 Å². The van der Waals surface area contributed by atoms with E-state index in [1.807, 2.05) is 45.2 Å². The Morgan fingerprint density at radius 2 is 2.05 bits per heavy atom. The zero-order chi connectivity index (χ0) is 15.4. The van der Waals surface area contributed by atoms with Crippen molar-refractivity contribution in [2.45, 2.75) is 32.4 Å². The molecule has 0 amide bonds. The number of carbonyl (C=O) groups is 1. The van der Waals surface area contributed by atoms with Crippen LogP contribution in [0.5, 0.6) is 5.75 Å². The summed E-state index contributed by atoms with van der Waals surface area (Å²) in [7, 11) is 4.12. The van der Waals surface area contributed by atoms with Gasteiger partial charge in [-0.3, -0.25) is 9.69 Å². The van der Waals surface area contributed by atoms with E-state index in [-0.39, 0.29) is 17.9 Å². The summed E-state index contributed by atoms with van der Waals surface area (Å²) in [6, 6.07) is 7.47. The maximum atomic E-state index is 12.8. The van der Waals surface area contributed by atoms with E-state index < -0.39 is 0 Å². The molecule has 0 spiro atoms. The monoisotopic (exact) mass is 290 g/mol. The Bertz CT molecular complexity index is 487. The summed E-state index contributed by atoms with van der Waals surface area (Å²) in [6.45, 7) is 6.77. The van der Waals surface area contributed by atoms with E-state index in [9.17, 15) is 4.79 Å². The van der Waals surface area contributed by atoms with Gasteiger partial charge in [0, 0.05) is 12.1 Å². The summed E-state index contributed by atoms with van der Waals surface area (Å²) in [5, 5.41) is 0. The number of likely N-dealkylation sites (N-methyl/N-ethyl adjacent to an activating group) is 2. The van der Waals surface area contributed by atoms with Crippen molar-refractivity contribution in [3.63, 3.8) is 0 Å². The molecule has 1 aromatic rings. The molecule has 1 heterocycles. The van der Waals surface area contributed by atoms with E-state index in [4.69, 9.17) is 4.74 Å². The third-order valence-electron chi connectivity index (χ3n) is 3.86. The first kappa shape index (κ1) is 16.0. The standard InChI is InChI=1S/C17H26N2O2/c1-13(2)21-15-8-5-7-14(11-15)17(20)16-12-18(3)9-6-10-19(16)4/h5,7-8,11,13,16H,6,9-10,12H2,1-4H3.